The summed E-state index contributed by atoms with van der Waals surface area (Å²) in [6.07, 6.45) is 3.90. The van der Waals surface area contributed by atoms with Gasteiger partial charge in [0.1, 0.15) is 11.9 Å². The van der Waals surface area contributed by atoms with E-state index in [1.54, 1.807) is 0 Å². The van der Waals surface area contributed by atoms with E-state index < -0.39 is 5.82 Å². The van der Waals surface area contributed by atoms with Crippen molar-refractivity contribution in [2.45, 2.75) is 25.7 Å². The number of halogens is 1. The number of anilines is 1. The van der Waals surface area contributed by atoms with Crippen molar-refractivity contribution in [3.63, 3.8) is 0 Å². The van der Waals surface area contributed by atoms with Crippen LogP contribution in [-0.2, 0) is 4.79 Å². The summed E-state index contributed by atoms with van der Waals surface area (Å²) in [5.41, 5.74) is 6.22. The molecule has 20 heavy (non-hydrogen) atoms. The van der Waals surface area contributed by atoms with Crippen LogP contribution in [-0.4, -0.2) is 12.5 Å². The highest BCUT2D eigenvalue weighted by Crippen LogP contribution is 2.30. The molecular formula is C15H18FN3O. The van der Waals surface area contributed by atoms with Crippen molar-refractivity contribution in [2.75, 3.05) is 11.9 Å². The van der Waals surface area contributed by atoms with Crippen LogP contribution in [0.3, 0.4) is 0 Å². The average molecular weight is 275 g/mol. The second-order valence-corrected chi connectivity index (χ2v) is 5.18. The van der Waals surface area contributed by atoms with Crippen molar-refractivity contribution in [1.82, 2.24) is 0 Å². The Morgan fingerprint density at radius 1 is 1.45 bits per heavy atom. The summed E-state index contributed by atoms with van der Waals surface area (Å²) < 4.78 is 13.1. The van der Waals surface area contributed by atoms with Crippen molar-refractivity contribution < 1.29 is 9.18 Å². The highest BCUT2D eigenvalue weighted by atomic mass is 19.1. The zero-order valence-electron chi connectivity index (χ0n) is 11.2. The SMILES string of the molecule is N#Cc1cc(F)ccc1NC(=O)C1CCCCC1CN. The lowest BCUT2D eigenvalue weighted by Gasteiger charge is -2.29. The zero-order valence-corrected chi connectivity index (χ0v) is 11.2. The molecule has 4 nitrogen and oxygen atoms in total. The lowest BCUT2D eigenvalue weighted by atomic mass is 9.78. The predicted molar refractivity (Wildman–Crippen MR) is 74.2 cm³/mol. The van der Waals surface area contributed by atoms with Crippen LogP contribution in [0, 0.1) is 29.0 Å². The zero-order chi connectivity index (χ0) is 14.5. The first-order chi connectivity index (χ1) is 9.65. The van der Waals surface area contributed by atoms with E-state index in [9.17, 15) is 9.18 Å². The third-order valence-electron chi connectivity index (χ3n) is 3.91. The molecule has 0 radical (unpaired) electrons. The smallest absolute Gasteiger partial charge is 0.227 e. The molecule has 0 aliphatic heterocycles. The van der Waals surface area contributed by atoms with Gasteiger partial charge in [0.05, 0.1) is 11.3 Å². The van der Waals surface area contributed by atoms with Crippen LogP contribution in [0.1, 0.15) is 31.2 Å². The van der Waals surface area contributed by atoms with Gasteiger partial charge in [-0.3, -0.25) is 4.79 Å². The second-order valence-electron chi connectivity index (χ2n) is 5.18. The van der Waals surface area contributed by atoms with Crippen LogP contribution in [0.15, 0.2) is 18.2 Å². The number of carbonyl (C=O) groups excluding carboxylic acids is 1. The van der Waals surface area contributed by atoms with Gasteiger partial charge in [0, 0.05) is 5.92 Å². The molecule has 0 heterocycles. The van der Waals surface area contributed by atoms with E-state index in [-0.39, 0.29) is 23.3 Å². The maximum atomic E-state index is 13.1. The molecule has 2 unspecified atom stereocenters. The standard InChI is InChI=1S/C15H18FN3O/c16-12-5-6-14(11(7-12)9-18)19-15(20)13-4-2-1-3-10(13)8-17/h5-7,10,13H,1-4,8,17H2,(H,19,20). The molecule has 3 N–H and O–H groups in total. The molecule has 1 fully saturated rings. The Bertz CT molecular complexity index is 538. The van der Waals surface area contributed by atoms with Crippen LogP contribution in [0.5, 0.6) is 0 Å². The summed E-state index contributed by atoms with van der Waals surface area (Å²) in [6.45, 7) is 0.493. The molecular weight excluding hydrogens is 257 g/mol. The van der Waals surface area contributed by atoms with Gasteiger partial charge in [-0.05, 0) is 43.5 Å². The highest BCUT2D eigenvalue weighted by molar-refractivity contribution is 5.94. The first-order valence-corrected chi connectivity index (χ1v) is 6.86. The first kappa shape index (κ1) is 14.5. The number of nitrogens with one attached hydrogen (secondary N) is 1. The number of carbonyl (C=O) groups is 1. The van der Waals surface area contributed by atoms with Crippen LogP contribution in [0.4, 0.5) is 10.1 Å². The van der Waals surface area contributed by atoms with Gasteiger partial charge in [0.2, 0.25) is 5.91 Å². The van der Waals surface area contributed by atoms with Gasteiger partial charge in [-0.1, -0.05) is 12.8 Å². The first-order valence-electron chi connectivity index (χ1n) is 6.86. The molecule has 1 aliphatic carbocycles. The van der Waals surface area contributed by atoms with Gasteiger partial charge in [-0.15, -0.1) is 0 Å². The third-order valence-corrected chi connectivity index (χ3v) is 3.91. The van der Waals surface area contributed by atoms with E-state index in [1.165, 1.54) is 12.1 Å². The summed E-state index contributed by atoms with van der Waals surface area (Å²) in [7, 11) is 0. The number of nitrogens with zero attached hydrogens (tertiary/aromatic N) is 1. The topological polar surface area (TPSA) is 78.9 Å². The monoisotopic (exact) mass is 275 g/mol. The fraction of sp³-hybridized carbons (Fsp3) is 0.467. The third kappa shape index (κ3) is 3.14. The normalized spacial score (nSPS) is 22.1. The summed E-state index contributed by atoms with van der Waals surface area (Å²) >= 11 is 0. The fourth-order valence-corrected chi connectivity index (χ4v) is 2.78. The van der Waals surface area contributed by atoms with Gasteiger partial charge in [0.25, 0.3) is 0 Å². The molecule has 106 valence electrons. The lowest BCUT2D eigenvalue weighted by Crippen LogP contribution is -2.35. The number of nitrogens with two attached hydrogens (primary N) is 1. The molecule has 0 spiro atoms. The molecule has 0 bridgehead atoms. The minimum atomic E-state index is -0.489. The molecule has 1 saturated carbocycles. The highest BCUT2D eigenvalue weighted by Gasteiger charge is 2.30. The number of nitriles is 1. The number of hydrogen-bond acceptors (Lipinski definition) is 3. The molecule has 2 atom stereocenters. The summed E-state index contributed by atoms with van der Waals surface area (Å²) in [6, 6.07) is 5.67. The van der Waals surface area contributed by atoms with Gasteiger partial charge >= 0.3 is 0 Å². The summed E-state index contributed by atoms with van der Waals surface area (Å²) in [4.78, 5) is 12.3. The summed E-state index contributed by atoms with van der Waals surface area (Å²) in [5.74, 6) is -0.541. The molecule has 5 heteroatoms. The molecule has 2 rings (SSSR count). The van der Waals surface area contributed by atoms with Gasteiger partial charge < -0.3 is 11.1 Å². The van der Waals surface area contributed by atoms with Gasteiger partial charge in [-0.2, -0.15) is 5.26 Å². The van der Waals surface area contributed by atoms with Crippen LogP contribution in [0.2, 0.25) is 0 Å². The van der Waals surface area contributed by atoms with Crippen molar-refractivity contribution in [3.8, 4) is 6.07 Å². The van der Waals surface area contributed by atoms with Crippen molar-refractivity contribution in [3.05, 3.63) is 29.6 Å². The molecule has 1 aliphatic rings. The van der Waals surface area contributed by atoms with Crippen LogP contribution >= 0.6 is 0 Å². The lowest BCUT2D eigenvalue weighted by molar-refractivity contribution is -0.122. The largest absolute Gasteiger partial charge is 0.330 e. The number of amides is 1. The predicted octanol–water partition coefficient (Wildman–Crippen LogP) is 2.40. The Balaban J connectivity index is 2.13. The minimum absolute atomic E-state index is 0.120. The Morgan fingerprint density at radius 2 is 2.20 bits per heavy atom. The quantitative estimate of drug-likeness (QED) is 0.889. The number of rotatable bonds is 3. The van der Waals surface area contributed by atoms with E-state index in [0.29, 0.717) is 12.2 Å². The maximum Gasteiger partial charge on any atom is 0.227 e. The van der Waals surface area contributed by atoms with E-state index in [2.05, 4.69) is 5.32 Å². The average Bonchev–Trinajstić information content (AvgIpc) is 2.48. The van der Waals surface area contributed by atoms with Crippen molar-refractivity contribution in [2.24, 2.45) is 17.6 Å². The maximum absolute atomic E-state index is 13.1. The molecule has 0 saturated heterocycles. The van der Waals surface area contributed by atoms with Crippen molar-refractivity contribution >= 4 is 11.6 Å². The Hall–Kier alpha value is -1.93. The second kappa shape index (κ2) is 6.49. The van der Waals surface area contributed by atoms with Crippen LogP contribution in [0.25, 0.3) is 0 Å². The van der Waals surface area contributed by atoms with E-state index in [4.69, 9.17) is 11.0 Å². The molecule has 1 amide bonds. The number of hydrogen-bond donors (Lipinski definition) is 2. The molecule has 1 aromatic rings. The Kier molecular flexibility index (Phi) is 4.70. The fourth-order valence-electron chi connectivity index (χ4n) is 2.78. The minimum Gasteiger partial charge on any atom is -0.330 e. The Labute approximate surface area is 117 Å². The van der Waals surface area contributed by atoms with E-state index in [0.717, 1.165) is 31.7 Å². The van der Waals surface area contributed by atoms with E-state index >= 15 is 0 Å². The van der Waals surface area contributed by atoms with Gasteiger partial charge in [0.15, 0.2) is 0 Å². The summed E-state index contributed by atoms with van der Waals surface area (Å²) in [5, 5.41) is 11.7. The number of benzene rings is 1. The van der Waals surface area contributed by atoms with Gasteiger partial charge in [-0.25, -0.2) is 4.39 Å². The molecule has 0 aromatic heterocycles. The molecule has 1 aromatic carbocycles. The Morgan fingerprint density at radius 3 is 2.90 bits per heavy atom. The van der Waals surface area contributed by atoms with E-state index in [1.807, 2.05) is 6.07 Å². The van der Waals surface area contributed by atoms with Crippen LogP contribution < -0.4 is 11.1 Å². The van der Waals surface area contributed by atoms with Crippen molar-refractivity contribution in [1.29, 1.82) is 5.26 Å².